The lowest BCUT2D eigenvalue weighted by molar-refractivity contribution is -0.170. The Hall–Kier alpha value is -1.72. The number of halogens is 3. The van der Waals surface area contributed by atoms with Crippen molar-refractivity contribution in [3.05, 3.63) is 23.8 Å². The van der Waals surface area contributed by atoms with Gasteiger partial charge in [-0.25, -0.2) is 0 Å². The normalized spacial score (nSPS) is 19.2. The van der Waals surface area contributed by atoms with Gasteiger partial charge < -0.3 is 9.80 Å². The second kappa shape index (κ2) is 6.18. The molecule has 1 aliphatic heterocycles. The number of nitrogens with zero attached hydrogens (tertiary/aromatic N) is 2. The fourth-order valence-corrected chi connectivity index (χ4v) is 2.93. The number of hydrogen-bond donors (Lipinski definition) is 0. The van der Waals surface area contributed by atoms with Crippen molar-refractivity contribution in [2.75, 3.05) is 23.4 Å². The van der Waals surface area contributed by atoms with Gasteiger partial charge in [-0.1, -0.05) is 0 Å². The van der Waals surface area contributed by atoms with Crippen LogP contribution in [0.2, 0.25) is 0 Å². The molecule has 1 aromatic rings. The number of carbonyl (C=O) groups excluding carboxylic acids is 1. The topological polar surface area (TPSA) is 23.6 Å². The minimum absolute atomic E-state index is 0.258. The molecular weight excluding hydrogens is 293 g/mol. The zero-order valence-corrected chi connectivity index (χ0v) is 13.1. The van der Waals surface area contributed by atoms with Crippen LogP contribution in [0.15, 0.2) is 18.2 Å². The smallest absolute Gasteiger partial charge is 0.369 e. The molecule has 122 valence electrons. The Labute approximate surface area is 128 Å². The Morgan fingerprint density at radius 3 is 2.55 bits per heavy atom. The predicted molar refractivity (Wildman–Crippen MR) is 81.3 cm³/mol. The molecule has 0 saturated carbocycles. The number of rotatable bonds is 2. The highest BCUT2D eigenvalue weighted by atomic mass is 19.4. The summed E-state index contributed by atoms with van der Waals surface area (Å²) >= 11 is 0. The molecule has 1 aromatic carbocycles. The number of piperidine rings is 1. The summed E-state index contributed by atoms with van der Waals surface area (Å²) in [5, 5.41) is 0. The van der Waals surface area contributed by atoms with E-state index < -0.39 is 12.1 Å². The van der Waals surface area contributed by atoms with Crippen LogP contribution in [0.3, 0.4) is 0 Å². The Kier molecular flexibility index (Phi) is 4.68. The van der Waals surface area contributed by atoms with E-state index in [9.17, 15) is 18.0 Å². The fraction of sp³-hybridized carbons (Fsp3) is 0.562. The zero-order chi connectivity index (χ0) is 16.5. The number of anilines is 2. The summed E-state index contributed by atoms with van der Waals surface area (Å²) in [5.41, 5.74) is 2.17. The first-order chi connectivity index (χ1) is 10.2. The molecule has 2 rings (SSSR count). The van der Waals surface area contributed by atoms with Crippen molar-refractivity contribution in [1.29, 1.82) is 0 Å². The molecule has 1 heterocycles. The standard InChI is InChI=1S/C16H21F3N2O/c1-11-10-13(20(3)15(22)16(17,18)19)7-8-14(11)21-9-5-4-6-12(21)2/h7-8,10,12H,4-6,9H2,1-3H3/t12-/m0/s1. The number of aryl methyl sites for hydroxylation is 1. The summed E-state index contributed by atoms with van der Waals surface area (Å²) in [6.45, 7) is 4.98. The number of amides is 1. The van der Waals surface area contributed by atoms with Gasteiger partial charge in [0.25, 0.3) is 0 Å². The molecule has 3 nitrogen and oxygen atoms in total. The quantitative estimate of drug-likeness (QED) is 0.826. The Balaban J connectivity index is 2.24. The molecule has 0 spiro atoms. The summed E-state index contributed by atoms with van der Waals surface area (Å²) in [4.78, 5) is 14.2. The van der Waals surface area contributed by atoms with Crippen molar-refractivity contribution in [1.82, 2.24) is 0 Å². The maximum atomic E-state index is 12.5. The van der Waals surface area contributed by atoms with Crippen LogP contribution < -0.4 is 9.80 Å². The van der Waals surface area contributed by atoms with Crippen LogP contribution in [-0.2, 0) is 4.79 Å². The van der Waals surface area contributed by atoms with E-state index >= 15 is 0 Å². The molecule has 1 amide bonds. The molecule has 1 fully saturated rings. The third kappa shape index (κ3) is 3.36. The largest absolute Gasteiger partial charge is 0.471 e. The molecule has 22 heavy (non-hydrogen) atoms. The van der Waals surface area contributed by atoms with Crippen molar-refractivity contribution in [2.24, 2.45) is 0 Å². The molecule has 0 unspecified atom stereocenters. The van der Waals surface area contributed by atoms with Gasteiger partial charge in [0.05, 0.1) is 0 Å². The van der Waals surface area contributed by atoms with Crippen molar-refractivity contribution in [3.8, 4) is 0 Å². The molecule has 1 aliphatic rings. The van der Waals surface area contributed by atoms with E-state index in [4.69, 9.17) is 0 Å². The minimum Gasteiger partial charge on any atom is -0.369 e. The lowest BCUT2D eigenvalue weighted by Crippen LogP contribution is -2.39. The van der Waals surface area contributed by atoms with Gasteiger partial charge in [0, 0.05) is 31.0 Å². The molecule has 1 atom stereocenters. The van der Waals surface area contributed by atoms with Gasteiger partial charge in [-0.2, -0.15) is 13.2 Å². The van der Waals surface area contributed by atoms with Gasteiger partial charge in [-0.3, -0.25) is 4.79 Å². The number of alkyl halides is 3. The van der Waals surface area contributed by atoms with Crippen LogP contribution in [0.5, 0.6) is 0 Å². The third-order valence-electron chi connectivity index (χ3n) is 4.23. The van der Waals surface area contributed by atoms with Gasteiger partial charge >= 0.3 is 12.1 Å². The monoisotopic (exact) mass is 314 g/mol. The molecule has 6 heteroatoms. The SMILES string of the molecule is Cc1cc(N(C)C(=O)C(F)(F)F)ccc1N1CCCC[C@@H]1C. The van der Waals surface area contributed by atoms with E-state index in [1.54, 1.807) is 12.1 Å². The molecule has 0 aromatic heterocycles. The summed E-state index contributed by atoms with van der Waals surface area (Å²) in [6.07, 6.45) is -1.41. The Morgan fingerprint density at radius 2 is 2.00 bits per heavy atom. The molecule has 1 saturated heterocycles. The van der Waals surface area contributed by atoms with Gasteiger partial charge in [0.15, 0.2) is 0 Å². The average Bonchev–Trinajstić information content (AvgIpc) is 2.45. The minimum atomic E-state index is -4.86. The highest BCUT2D eigenvalue weighted by Crippen LogP contribution is 2.31. The Bertz CT molecular complexity index is 557. The van der Waals surface area contributed by atoms with E-state index in [1.165, 1.54) is 6.42 Å². The first-order valence-electron chi connectivity index (χ1n) is 7.44. The molecule has 0 bridgehead atoms. The summed E-state index contributed by atoms with van der Waals surface area (Å²) in [5.74, 6) is -1.86. The number of hydrogen-bond acceptors (Lipinski definition) is 2. The molecular formula is C16H21F3N2O. The summed E-state index contributed by atoms with van der Waals surface area (Å²) < 4.78 is 37.5. The second-order valence-corrected chi connectivity index (χ2v) is 5.87. The van der Waals surface area contributed by atoms with Crippen molar-refractivity contribution >= 4 is 17.3 Å². The zero-order valence-electron chi connectivity index (χ0n) is 13.1. The van der Waals surface area contributed by atoms with Crippen molar-refractivity contribution in [2.45, 2.75) is 45.3 Å². The summed E-state index contributed by atoms with van der Waals surface area (Å²) in [6, 6.07) is 5.45. The molecule has 0 aliphatic carbocycles. The van der Waals surface area contributed by atoms with Crippen molar-refractivity contribution < 1.29 is 18.0 Å². The number of benzene rings is 1. The van der Waals surface area contributed by atoms with Crippen LogP contribution in [0.25, 0.3) is 0 Å². The van der Waals surface area contributed by atoms with Crippen LogP contribution >= 0.6 is 0 Å². The van der Waals surface area contributed by atoms with Gasteiger partial charge in [-0.05, 0) is 56.9 Å². The van der Waals surface area contributed by atoms with E-state index in [0.29, 0.717) is 10.9 Å². The van der Waals surface area contributed by atoms with E-state index in [0.717, 1.165) is 37.7 Å². The van der Waals surface area contributed by atoms with E-state index in [2.05, 4.69) is 11.8 Å². The number of carbonyl (C=O) groups is 1. The first-order valence-corrected chi connectivity index (χ1v) is 7.44. The maximum absolute atomic E-state index is 12.5. The van der Waals surface area contributed by atoms with Crippen LogP contribution in [-0.4, -0.2) is 31.7 Å². The highest BCUT2D eigenvalue weighted by molar-refractivity contribution is 5.97. The first kappa shape index (κ1) is 16.6. The predicted octanol–water partition coefficient (Wildman–Crippen LogP) is 3.90. The summed E-state index contributed by atoms with van der Waals surface area (Å²) in [7, 11) is 1.15. The fourth-order valence-electron chi connectivity index (χ4n) is 2.93. The van der Waals surface area contributed by atoms with E-state index in [1.807, 2.05) is 13.0 Å². The van der Waals surface area contributed by atoms with Crippen LogP contribution in [0, 0.1) is 6.92 Å². The van der Waals surface area contributed by atoms with Crippen LogP contribution in [0.1, 0.15) is 31.7 Å². The van der Waals surface area contributed by atoms with E-state index in [-0.39, 0.29) is 5.69 Å². The molecule has 0 radical (unpaired) electrons. The lowest BCUT2D eigenvalue weighted by atomic mass is 10.0. The van der Waals surface area contributed by atoms with Gasteiger partial charge in [0.2, 0.25) is 0 Å². The Morgan fingerprint density at radius 1 is 1.32 bits per heavy atom. The highest BCUT2D eigenvalue weighted by Gasteiger charge is 2.41. The third-order valence-corrected chi connectivity index (χ3v) is 4.23. The molecule has 0 N–H and O–H groups in total. The second-order valence-electron chi connectivity index (χ2n) is 5.87. The average molecular weight is 314 g/mol. The maximum Gasteiger partial charge on any atom is 0.471 e. The van der Waals surface area contributed by atoms with Gasteiger partial charge in [0.1, 0.15) is 0 Å². The van der Waals surface area contributed by atoms with Crippen molar-refractivity contribution in [3.63, 3.8) is 0 Å². The van der Waals surface area contributed by atoms with Gasteiger partial charge in [-0.15, -0.1) is 0 Å². The lowest BCUT2D eigenvalue weighted by Gasteiger charge is -2.36. The van der Waals surface area contributed by atoms with Crippen LogP contribution in [0.4, 0.5) is 24.5 Å².